The van der Waals surface area contributed by atoms with E-state index in [1.165, 1.54) is 11.9 Å². The zero-order valence-electron chi connectivity index (χ0n) is 16.7. The predicted octanol–water partition coefficient (Wildman–Crippen LogP) is 2.93. The van der Waals surface area contributed by atoms with Crippen molar-refractivity contribution in [2.75, 3.05) is 40.3 Å². The van der Waals surface area contributed by atoms with Crippen LogP contribution in [0.1, 0.15) is 5.56 Å². The monoisotopic (exact) mass is 388 g/mol. The van der Waals surface area contributed by atoms with Crippen LogP contribution >= 0.6 is 0 Å². The van der Waals surface area contributed by atoms with Crippen LogP contribution in [0, 0.1) is 0 Å². The Labute approximate surface area is 169 Å². The Balaban J connectivity index is 1.51. The summed E-state index contributed by atoms with van der Waals surface area (Å²) in [5, 5.41) is 2.04. The predicted molar refractivity (Wildman–Crippen MR) is 114 cm³/mol. The lowest BCUT2D eigenvalue weighted by Crippen LogP contribution is -2.43. The molecule has 0 bridgehead atoms. The highest BCUT2D eigenvalue weighted by atomic mass is 16.5. The number of benzene rings is 1. The van der Waals surface area contributed by atoms with E-state index in [0.29, 0.717) is 5.88 Å². The van der Waals surface area contributed by atoms with Gasteiger partial charge < -0.3 is 14.6 Å². The zero-order chi connectivity index (χ0) is 19.8. The van der Waals surface area contributed by atoms with Crippen molar-refractivity contribution >= 4 is 21.9 Å². The summed E-state index contributed by atoms with van der Waals surface area (Å²) in [6.45, 7) is 5.36. The lowest BCUT2D eigenvalue weighted by atomic mass is 10.0. The van der Waals surface area contributed by atoms with Crippen LogP contribution in [-0.4, -0.2) is 70.1 Å². The molecule has 1 saturated heterocycles. The van der Waals surface area contributed by atoms with Gasteiger partial charge in [-0.05, 0) is 36.4 Å². The maximum absolute atomic E-state index is 5.42. The Morgan fingerprint density at radius 3 is 2.72 bits per heavy atom. The molecule has 0 aliphatic carbocycles. The highest BCUT2D eigenvalue weighted by Gasteiger charge is 2.16. The molecule has 1 aromatic carbocycles. The maximum Gasteiger partial charge on any atom is 0.224 e. The topological polar surface area (TPSA) is 70.2 Å². The van der Waals surface area contributed by atoms with Gasteiger partial charge in [0.1, 0.15) is 12.0 Å². The second kappa shape index (κ2) is 7.42. The number of rotatable bonds is 4. The molecule has 1 aliphatic rings. The first-order valence-corrected chi connectivity index (χ1v) is 9.87. The van der Waals surface area contributed by atoms with Crippen molar-refractivity contribution in [2.24, 2.45) is 0 Å². The minimum Gasteiger partial charge on any atom is -0.480 e. The number of nitrogens with zero attached hydrogens (tertiary/aromatic N) is 5. The number of hydrogen-bond acceptors (Lipinski definition) is 6. The molecule has 0 radical (unpaired) electrons. The smallest absolute Gasteiger partial charge is 0.224 e. The number of piperazine rings is 1. The number of likely N-dealkylation sites (N-methyl/N-ethyl adjacent to an activating group) is 1. The molecule has 0 atom stereocenters. The standard InChI is InChI=1S/C22H24N6O/c1-27-5-7-28(8-6-27)13-15-9-17-19(12-24-21(17)23-11-15)16-3-4-20-18(10-16)22(29-2)26-14-25-20/h3-4,9-12,14H,5-8,13H2,1-2H3,(H,23,24). The van der Waals surface area contributed by atoms with Crippen LogP contribution in [0.25, 0.3) is 33.1 Å². The summed E-state index contributed by atoms with van der Waals surface area (Å²) >= 11 is 0. The maximum atomic E-state index is 5.42. The molecule has 0 spiro atoms. The summed E-state index contributed by atoms with van der Waals surface area (Å²) in [5.74, 6) is 0.588. The van der Waals surface area contributed by atoms with Gasteiger partial charge in [0.25, 0.3) is 0 Å². The highest BCUT2D eigenvalue weighted by Crippen LogP contribution is 2.32. The SMILES string of the molecule is COc1ncnc2ccc(-c3c[nH]c4ncc(CN5CCN(C)CC5)cc34)cc12. The van der Waals surface area contributed by atoms with Crippen LogP contribution < -0.4 is 4.74 Å². The number of pyridine rings is 1. The molecule has 0 unspecified atom stereocenters. The van der Waals surface area contributed by atoms with E-state index in [4.69, 9.17) is 4.74 Å². The summed E-state index contributed by atoms with van der Waals surface area (Å²) in [6.07, 6.45) is 5.54. The molecule has 7 nitrogen and oxygen atoms in total. The second-order valence-corrected chi connectivity index (χ2v) is 7.64. The Hall–Kier alpha value is -3.03. The van der Waals surface area contributed by atoms with Crippen LogP contribution in [0.15, 0.2) is 43.0 Å². The molecule has 1 fully saturated rings. The fourth-order valence-electron chi connectivity index (χ4n) is 4.00. The first kappa shape index (κ1) is 18.0. The minimum atomic E-state index is 0.588. The van der Waals surface area contributed by atoms with Crippen LogP contribution in [0.5, 0.6) is 5.88 Å². The second-order valence-electron chi connectivity index (χ2n) is 7.64. The van der Waals surface area contributed by atoms with Gasteiger partial charge in [0.2, 0.25) is 5.88 Å². The molecule has 148 valence electrons. The van der Waals surface area contributed by atoms with E-state index >= 15 is 0 Å². The molecule has 3 aromatic heterocycles. The average Bonchev–Trinajstić information content (AvgIpc) is 3.18. The van der Waals surface area contributed by atoms with Gasteiger partial charge in [-0.1, -0.05) is 6.07 Å². The van der Waals surface area contributed by atoms with Crippen molar-refractivity contribution < 1.29 is 4.74 Å². The Kier molecular flexibility index (Phi) is 4.61. The van der Waals surface area contributed by atoms with E-state index in [1.807, 2.05) is 18.5 Å². The third-order valence-corrected chi connectivity index (χ3v) is 5.69. The summed E-state index contributed by atoms with van der Waals surface area (Å²) < 4.78 is 5.42. The van der Waals surface area contributed by atoms with Crippen molar-refractivity contribution in [2.45, 2.75) is 6.54 Å². The fourth-order valence-corrected chi connectivity index (χ4v) is 4.00. The number of fused-ring (bicyclic) bond motifs is 2. The molecule has 5 rings (SSSR count). The summed E-state index contributed by atoms with van der Waals surface area (Å²) in [6, 6.07) is 8.44. The number of methoxy groups -OCH3 is 1. The Morgan fingerprint density at radius 1 is 1.03 bits per heavy atom. The van der Waals surface area contributed by atoms with Gasteiger partial charge in [0.15, 0.2) is 0 Å². The fraction of sp³-hybridized carbons (Fsp3) is 0.318. The van der Waals surface area contributed by atoms with Gasteiger partial charge in [-0.15, -0.1) is 0 Å². The van der Waals surface area contributed by atoms with Crippen molar-refractivity contribution in [1.29, 1.82) is 0 Å². The van der Waals surface area contributed by atoms with E-state index in [1.54, 1.807) is 7.11 Å². The molecular formula is C22H24N6O. The number of ether oxygens (including phenoxy) is 1. The highest BCUT2D eigenvalue weighted by molar-refractivity contribution is 5.97. The van der Waals surface area contributed by atoms with Gasteiger partial charge >= 0.3 is 0 Å². The van der Waals surface area contributed by atoms with E-state index in [-0.39, 0.29) is 0 Å². The van der Waals surface area contributed by atoms with E-state index in [2.05, 4.69) is 55.0 Å². The van der Waals surface area contributed by atoms with Gasteiger partial charge in [-0.3, -0.25) is 4.90 Å². The van der Waals surface area contributed by atoms with E-state index in [0.717, 1.165) is 65.8 Å². The molecule has 7 heteroatoms. The molecule has 4 heterocycles. The molecule has 1 N–H and O–H groups in total. The van der Waals surface area contributed by atoms with Crippen molar-refractivity contribution in [3.8, 4) is 17.0 Å². The van der Waals surface area contributed by atoms with Crippen molar-refractivity contribution in [3.05, 3.63) is 48.5 Å². The van der Waals surface area contributed by atoms with E-state index < -0.39 is 0 Å². The number of hydrogen-bond donors (Lipinski definition) is 1. The van der Waals surface area contributed by atoms with E-state index in [9.17, 15) is 0 Å². The molecule has 0 saturated carbocycles. The number of H-pyrrole nitrogens is 1. The summed E-state index contributed by atoms with van der Waals surface area (Å²) in [7, 11) is 3.81. The van der Waals surface area contributed by atoms with Crippen LogP contribution in [-0.2, 0) is 6.54 Å². The molecule has 0 amide bonds. The lowest BCUT2D eigenvalue weighted by molar-refractivity contribution is 0.148. The van der Waals surface area contributed by atoms with Crippen LogP contribution in [0.4, 0.5) is 0 Å². The summed E-state index contributed by atoms with van der Waals surface area (Å²) in [5.41, 5.74) is 5.23. The number of nitrogens with one attached hydrogen (secondary N) is 1. The first-order chi connectivity index (χ1) is 14.2. The first-order valence-electron chi connectivity index (χ1n) is 9.87. The average molecular weight is 388 g/mol. The van der Waals surface area contributed by atoms with Gasteiger partial charge in [0, 0.05) is 56.1 Å². The van der Waals surface area contributed by atoms with Crippen molar-refractivity contribution in [3.63, 3.8) is 0 Å². The largest absolute Gasteiger partial charge is 0.480 e. The quantitative estimate of drug-likeness (QED) is 0.580. The molecule has 1 aliphatic heterocycles. The van der Waals surface area contributed by atoms with Gasteiger partial charge in [-0.25, -0.2) is 15.0 Å². The number of aromatic nitrogens is 4. The summed E-state index contributed by atoms with van der Waals surface area (Å²) in [4.78, 5) is 21.4. The molecule has 29 heavy (non-hydrogen) atoms. The van der Waals surface area contributed by atoms with Crippen molar-refractivity contribution in [1.82, 2.24) is 29.7 Å². The lowest BCUT2D eigenvalue weighted by Gasteiger charge is -2.32. The van der Waals surface area contributed by atoms with Crippen LogP contribution in [0.3, 0.4) is 0 Å². The third kappa shape index (κ3) is 3.43. The van der Waals surface area contributed by atoms with Gasteiger partial charge in [0.05, 0.1) is 18.0 Å². The third-order valence-electron chi connectivity index (χ3n) is 5.69. The Morgan fingerprint density at radius 2 is 1.90 bits per heavy atom. The normalized spacial score (nSPS) is 15.9. The van der Waals surface area contributed by atoms with Gasteiger partial charge in [-0.2, -0.15) is 0 Å². The number of aromatic amines is 1. The molecular weight excluding hydrogens is 364 g/mol. The minimum absolute atomic E-state index is 0.588. The zero-order valence-corrected chi connectivity index (χ0v) is 16.7. The Bertz CT molecular complexity index is 1160. The molecule has 4 aromatic rings. The van der Waals surface area contributed by atoms with Crippen LogP contribution in [0.2, 0.25) is 0 Å².